The normalized spacial score (nSPS) is 24.7. The predicted octanol–water partition coefficient (Wildman–Crippen LogP) is 2.03. The standard InChI is InChI=1S/C32H28O15/c1-9-19-11(3-13(46-9)7-18(37)38)4-16-21(28(19)42)26(40)15-8-32(16,47-10(2)33)24-20(15)29(43)23-22(30(24)44)25(39)14(27(41)31(23)45)5-12(34)6-17(35)36/h4,9,12-13,15,34,39,42-44H,3,5-8H2,1-2H3,(H,35,36)(H,37,38)/t9-,12+,13-,15-,32+/m1/s1. The molecule has 246 valence electrons. The zero-order valence-corrected chi connectivity index (χ0v) is 24.8. The van der Waals surface area contributed by atoms with Crippen LogP contribution in [0, 0.1) is 0 Å². The summed E-state index contributed by atoms with van der Waals surface area (Å²) in [6, 6.07) is 1.43. The maximum Gasteiger partial charge on any atom is 0.305 e. The van der Waals surface area contributed by atoms with E-state index in [1.54, 1.807) is 6.92 Å². The number of carbonyl (C=O) groups is 6. The first-order valence-corrected chi connectivity index (χ1v) is 14.5. The van der Waals surface area contributed by atoms with E-state index in [1.807, 2.05) is 0 Å². The topological polar surface area (TPSA) is 262 Å². The van der Waals surface area contributed by atoms with E-state index in [-0.39, 0.29) is 35.1 Å². The number of benzene rings is 2. The number of Topliss-reactive ketones (excluding diaryl/α,β-unsaturated/α-hetero) is 3. The van der Waals surface area contributed by atoms with E-state index in [1.165, 1.54) is 6.07 Å². The third-order valence-corrected chi connectivity index (χ3v) is 9.20. The first-order valence-electron chi connectivity index (χ1n) is 14.5. The summed E-state index contributed by atoms with van der Waals surface area (Å²) in [6.07, 6.45) is -5.93. The molecule has 0 amide bonds. The Morgan fingerprint density at radius 2 is 1.62 bits per heavy atom. The Morgan fingerprint density at radius 1 is 0.957 bits per heavy atom. The third kappa shape index (κ3) is 4.48. The minimum absolute atomic E-state index is 0.0307. The highest BCUT2D eigenvalue weighted by Crippen LogP contribution is 2.65. The number of phenols is 3. The zero-order chi connectivity index (χ0) is 34.4. The third-order valence-electron chi connectivity index (χ3n) is 9.20. The van der Waals surface area contributed by atoms with Crippen LogP contribution in [0.15, 0.2) is 11.6 Å². The summed E-state index contributed by atoms with van der Waals surface area (Å²) in [6.45, 7) is 2.58. The summed E-state index contributed by atoms with van der Waals surface area (Å²) >= 11 is 0. The average molecular weight is 653 g/mol. The number of esters is 1. The van der Waals surface area contributed by atoms with Crippen LogP contribution in [0.5, 0.6) is 17.2 Å². The van der Waals surface area contributed by atoms with Crippen molar-refractivity contribution in [3.05, 3.63) is 56.1 Å². The molecule has 0 fully saturated rings. The number of hydrogen-bond acceptors (Lipinski definition) is 13. The number of ketones is 3. The Balaban J connectivity index is 1.64. The molecule has 5 atom stereocenters. The van der Waals surface area contributed by atoms with Gasteiger partial charge in [0.25, 0.3) is 0 Å². The molecule has 7 N–H and O–H groups in total. The lowest BCUT2D eigenvalue weighted by Gasteiger charge is -2.38. The fourth-order valence-corrected chi connectivity index (χ4v) is 7.57. The van der Waals surface area contributed by atoms with Gasteiger partial charge in [-0.1, -0.05) is 0 Å². The summed E-state index contributed by atoms with van der Waals surface area (Å²) in [4.78, 5) is 75.7. The van der Waals surface area contributed by atoms with E-state index in [2.05, 4.69) is 0 Å². The van der Waals surface area contributed by atoms with Crippen molar-refractivity contribution in [2.24, 2.45) is 0 Å². The van der Waals surface area contributed by atoms with Gasteiger partial charge in [0.05, 0.1) is 59.3 Å². The van der Waals surface area contributed by atoms with Crippen LogP contribution in [0.3, 0.4) is 0 Å². The van der Waals surface area contributed by atoms with Crippen LogP contribution in [0.2, 0.25) is 0 Å². The lowest BCUT2D eigenvalue weighted by molar-refractivity contribution is -0.154. The molecule has 15 nitrogen and oxygen atoms in total. The monoisotopic (exact) mass is 652 g/mol. The SMILES string of the molecule is CC(=O)O[C@@]12C[C@@H](C(=O)c3c1cc1c(c3O)[C@@H](C)O[C@@H](CC(=O)O)C1)c1c(O)c3c(c(O)c12)C(O)=C(C[C@H](O)CC(=O)O)C(=O)C3=O. The van der Waals surface area contributed by atoms with Crippen molar-refractivity contribution >= 4 is 41.0 Å². The molecule has 1 aliphatic heterocycles. The molecule has 15 heteroatoms. The summed E-state index contributed by atoms with van der Waals surface area (Å²) in [7, 11) is 0. The van der Waals surface area contributed by atoms with Crippen molar-refractivity contribution in [3.63, 3.8) is 0 Å². The molecule has 0 unspecified atom stereocenters. The van der Waals surface area contributed by atoms with Gasteiger partial charge < -0.3 is 45.2 Å². The Kier molecular flexibility index (Phi) is 7.17. The van der Waals surface area contributed by atoms with Gasteiger partial charge in [-0.3, -0.25) is 28.8 Å². The molecule has 0 saturated carbocycles. The number of aliphatic hydroxyl groups excluding tert-OH is 2. The Labute approximate surface area is 264 Å². The summed E-state index contributed by atoms with van der Waals surface area (Å²) in [5.41, 5.74) is -5.14. The number of phenolic OH excluding ortho intramolecular Hbond substituents is 3. The van der Waals surface area contributed by atoms with Crippen molar-refractivity contribution in [1.29, 1.82) is 0 Å². The van der Waals surface area contributed by atoms with Gasteiger partial charge in [0, 0.05) is 42.0 Å². The highest BCUT2D eigenvalue weighted by molar-refractivity contribution is 6.53. The molecule has 47 heavy (non-hydrogen) atoms. The van der Waals surface area contributed by atoms with Crippen molar-refractivity contribution in [3.8, 4) is 17.2 Å². The van der Waals surface area contributed by atoms with Gasteiger partial charge in [0.1, 0.15) is 23.0 Å². The van der Waals surface area contributed by atoms with E-state index >= 15 is 0 Å². The van der Waals surface area contributed by atoms with E-state index in [4.69, 9.17) is 14.6 Å². The lowest BCUT2D eigenvalue weighted by atomic mass is 9.73. The Morgan fingerprint density at radius 3 is 2.23 bits per heavy atom. The quantitative estimate of drug-likeness (QED) is 0.128. The number of carboxylic acid groups (broad SMARTS) is 2. The molecule has 0 aromatic heterocycles. The maximum absolute atomic E-state index is 14.1. The van der Waals surface area contributed by atoms with Crippen molar-refractivity contribution in [2.75, 3.05) is 0 Å². The second kappa shape index (κ2) is 10.6. The number of aromatic hydroxyl groups is 3. The van der Waals surface area contributed by atoms with E-state index in [9.17, 15) is 59.4 Å². The molecule has 0 radical (unpaired) electrons. The van der Waals surface area contributed by atoms with Crippen molar-refractivity contribution in [1.82, 2.24) is 0 Å². The minimum Gasteiger partial charge on any atom is -0.507 e. The van der Waals surface area contributed by atoms with Crippen molar-refractivity contribution in [2.45, 2.75) is 75.8 Å². The van der Waals surface area contributed by atoms with Gasteiger partial charge in [0.2, 0.25) is 11.6 Å². The molecular formula is C32H28O15. The van der Waals surface area contributed by atoms with Crippen LogP contribution >= 0.6 is 0 Å². The van der Waals surface area contributed by atoms with Crippen molar-refractivity contribution < 1.29 is 74.0 Å². The first-order chi connectivity index (χ1) is 22.0. The number of aliphatic hydroxyl groups is 2. The number of hydrogen-bond donors (Lipinski definition) is 7. The van der Waals surface area contributed by atoms with Crippen LogP contribution in [0.1, 0.15) is 106 Å². The molecule has 4 aliphatic rings. The van der Waals surface area contributed by atoms with E-state index in [0.717, 1.165) is 6.92 Å². The largest absolute Gasteiger partial charge is 0.507 e. The molecular weight excluding hydrogens is 624 g/mol. The zero-order valence-electron chi connectivity index (χ0n) is 24.8. The second-order valence-electron chi connectivity index (χ2n) is 12.1. The molecule has 6 rings (SSSR count). The molecule has 1 heterocycles. The summed E-state index contributed by atoms with van der Waals surface area (Å²) in [5, 5.41) is 74.6. The molecule has 0 spiro atoms. The number of carbonyl (C=O) groups excluding carboxylic acids is 4. The molecule has 0 saturated heterocycles. The van der Waals surface area contributed by atoms with E-state index < -0.39 is 130 Å². The number of aliphatic carboxylic acids is 2. The van der Waals surface area contributed by atoms with Gasteiger partial charge in [-0.25, -0.2) is 0 Å². The van der Waals surface area contributed by atoms with Crippen LogP contribution in [-0.2, 0) is 40.7 Å². The smallest absolute Gasteiger partial charge is 0.305 e. The summed E-state index contributed by atoms with van der Waals surface area (Å²) in [5.74, 6) is -12.1. The first kappa shape index (κ1) is 31.7. The number of ether oxygens (including phenoxy) is 2. The van der Waals surface area contributed by atoms with Gasteiger partial charge in [-0.15, -0.1) is 0 Å². The fraction of sp³-hybridized carbons (Fsp3) is 0.375. The molecule has 2 bridgehead atoms. The van der Waals surface area contributed by atoms with Gasteiger partial charge in [-0.05, 0) is 25.0 Å². The van der Waals surface area contributed by atoms with Gasteiger partial charge >= 0.3 is 17.9 Å². The summed E-state index contributed by atoms with van der Waals surface area (Å²) < 4.78 is 11.6. The predicted molar refractivity (Wildman–Crippen MR) is 153 cm³/mol. The highest BCUT2D eigenvalue weighted by Gasteiger charge is 2.61. The molecule has 2 aromatic carbocycles. The van der Waals surface area contributed by atoms with Crippen LogP contribution in [0.4, 0.5) is 0 Å². The van der Waals surface area contributed by atoms with Gasteiger partial charge in [-0.2, -0.15) is 0 Å². The fourth-order valence-electron chi connectivity index (χ4n) is 7.57. The van der Waals surface area contributed by atoms with Crippen LogP contribution in [0.25, 0.3) is 5.76 Å². The number of rotatable bonds is 7. The average Bonchev–Trinajstić information content (AvgIpc) is 3.26. The maximum atomic E-state index is 14.1. The van der Waals surface area contributed by atoms with Gasteiger partial charge in [0.15, 0.2) is 11.4 Å². The minimum atomic E-state index is -2.10. The Hall–Kier alpha value is -5.28. The van der Waals surface area contributed by atoms with Crippen LogP contribution < -0.4 is 0 Å². The number of fused-ring (bicyclic) bond motifs is 9. The molecule has 2 aromatic rings. The highest BCUT2D eigenvalue weighted by atomic mass is 16.6. The number of carboxylic acids is 2. The van der Waals surface area contributed by atoms with Crippen LogP contribution in [-0.4, -0.2) is 83.2 Å². The second-order valence-corrected chi connectivity index (χ2v) is 12.1. The molecule has 3 aliphatic carbocycles. The Bertz CT molecular complexity index is 1900. The van der Waals surface area contributed by atoms with E-state index in [0.29, 0.717) is 5.56 Å². The lowest BCUT2D eigenvalue weighted by Crippen LogP contribution is -2.38.